The van der Waals surface area contributed by atoms with Crippen LogP contribution in [0.2, 0.25) is 0 Å². The zero-order chi connectivity index (χ0) is 22.7. The van der Waals surface area contributed by atoms with E-state index >= 15 is 0 Å². The first-order valence-corrected chi connectivity index (χ1v) is 12.8. The molecule has 172 valence electrons. The average molecular weight is 462 g/mol. The first-order valence-electron chi connectivity index (χ1n) is 12.0. The molecule has 1 saturated heterocycles. The topological polar surface area (TPSA) is 64.3 Å². The zero-order valence-electron chi connectivity index (χ0n) is 19.8. The van der Waals surface area contributed by atoms with Crippen LogP contribution < -0.4 is 10.1 Å². The van der Waals surface area contributed by atoms with Gasteiger partial charge in [0.05, 0.1) is 11.8 Å². The second kappa shape index (κ2) is 7.77. The fourth-order valence-corrected chi connectivity index (χ4v) is 6.93. The molecule has 1 aliphatic carbocycles. The second-order valence-corrected chi connectivity index (χ2v) is 11.2. The molecule has 3 aliphatic rings. The third-order valence-electron chi connectivity index (χ3n) is 7.77. The number of aliphatic imine (C=N–C) groups is 1. The van der Waals surface area contributed by atoms with Gasteiger partial charge in [0.2, 0.25) is 0 Å². The summed E-state index contributed by atoms with van der Waals surface area (Å²) in [5, 5.41) is 13.4. The van der Waals surface area contributed by atoms with Crippen molar-refractivity contribution in [3.8, 4) is 10.8 Å². The van der Waals surface area contributed by atoms with Gasteiger partial charge >= 0.3 is 0 Å². The third-order valence-corrected chi connectivity index (χ3v) is 8.96. The van der Waals surface area contributed by atoms with Gasteiger partial charge in [-0.25, -0.2) is 0 Å². The number of ether oxygens (including phenoxy) is 1. The molecule has 2 fully saturated rings. The maximum atomic E-state index is 6.34. The van der Waals surface area contributed by atoms with Crippen LogP contribution in [0.3, 0.4) is 0 Å². The largest absolute Gasteiger partial charge is 0.490 e. The predicted molar refractivity (Wildman–Crippen MR) is 132 cm³/mol. The fourth-order valence-electron chi connectivity index (χ4n) is 5.72. The number of hydrogen-bond donors (Lipinski definition) is 1. The summed E-state index contributed by atoms with van der Waals surface area (Å²) in [5.41, 5.74) is 5.17. The number of benzene rings is 1. The number of nitrogens with one attached hydrogen (secondary N) is 1. The SMILES string of the molecule is Cc1sc2c(c1C)C(c1ccc(OC3CC4(CCNCC4)C3)cc1)=N[C@@H](C)c1nnc(C)n1-2. The highest BCUT2D eigenvalue weighted by molar-refractivity contribution is 7.15. The number of aryl methyl sites for hydroxylation is 2. The van der Waals surface area contributed by atoms with Crippen molar-refractivity contribution in [2.75, 3.05) is 13.1 Å². The number of nitrogens with zero attached hydrogens (tertiary/aromatic N) is 4. The highest BCUT2D eigenvalue weighted by Gasteiger charge is 2.45. The summed E-state index contributed by atoms with van der Waals surface area (Å²) < 4.78 is 8.52. The van der Waals surface area contributed by atoms with E-state index in [1.807, 2.05) is 6.92 Å². The smallest absolute Gasteiger partial charge is 0.162 e. The molecule has 6 rings (SSSR count). The van der Waals surface area contributed by atoms with Crippen LogP contribution in [-0.2, 0) is 0 Å². The maximum absolute atomic E-state index is 6.34. The van der Waals surface area contributed by atoms with Crippen molar-refractivity contribution in [1.82, 2.24) is 20.1 Å². The lowest BCUT2D eigenvalue weighted by Crippen LogP contribution is -2.49. The van der Waals surface area contributed by atoms with Crippen LogP contribution in [0, 0.1) is 26.2 Å². The molecule has 0 unspecified atom stereocenters. The van der Waals surface area contributed by atoms with E-state index in [1.54, 1.807) is 11.3 Å². The molecule has 1 aromatic carbocycles. The molecule has 1 spiro atoms. The molecule has 3 aromatic rings. The van der Waals surface area contributed by atoms with Crippen LogP contribution in [0.15, 0.2) is 29.3 Å². The van der Waals surface area contributed by atoms with Gasteiger partial charge in [-0.15, -0.1) is 21.5 Å². The van der Waals surface area contributed by atoms with E-state index < -0.39 is 0 Å². The highest BCUT2D eigenvalue weighted by atomic mass is 32.1. The molecule has 7 heteroatoms. The van der Waals surface area contributed by atoms with Crippen molar-refractivity contribution < 1.29 is 4.74 Å². The quantitative estimate of drug-likeness (QED) is 0.591. The van der Waals surface area contributed by atoms with Crippen molar-refractivity contribution in [3.63, 3.8) is 0 Å². The van der Waals surface area contributed by atoms with Crippen LogP contribution in [0.5, 0.6) is 5.75 Å². The molecule has 0 radical (unpaired) electrons. The monoisotopic (exact) mass is 461 g/mol. The lowest BCUT2D eigenvalue weighted by atomic mass is 9.62. The molecule has 0 bridgehead atoms. The molecule has 1 saturated carbocycles. The van der Waals surface area contributed by atoms with Gasteiger partial charge in [0.15, 0.2) is 5.82 Å². The van der Waals surface area contributed by atoms with Crippen LogP contribution in [0.4, 0.5) is 0 Å². The molecular formula is C26H31N5OS. The van der Waals surface area contributed by atoms with Crippen molar-refractivity contribution >= 4 is 17.0 Å². The highest BCUT2D eigenvalue weighted by Crippen LogP contribution is 2.49. The Morgan fingerprint density at radius 3 is 2.52 bits per heavy atom. The van der Waals surface area contributed by atoms with Crippen molar-refractivity contribution in [2.45, 2.75) is 65.5 Å². The zero-order valence-corrected chi connectivity index (χ0v) is 20.6. The molecule has 2 aromatic heterocycles. The Morgan fingerprint density at radius 1 is 1.06 bits per heavy atom. The average Bonchev–Trinajstić information content (AvgIpc) is 3.27. The van der Waals surface area contributed by atoms with E-state index in [9.17, 15) is 0 Å². The summed E-state index contributed by atoms with van der Waals surface area (Å²) >= 11 is 1.80. The molecule has 1 atom stereocenters. The minimum atomic E-state index is -0.0624. The van der Waals surface area contributed by atoms with E-state index in [4.69, 9.17) is 9.73 Å². The fraction of sp³-hybridized carbons (Fsp3) is 0.500. The maximum Gasteiger partial charge on any atom is 0.162 e. The minimum Gasteiger partial charge on any atom is -0.490 e. The number of piperidine rings is 1. The molecule has 33 heavy (non-hydrogen) atoms. The Balaban J connectivity index is 1.28. The van der Waals surface area contributed by atoms with Gasteiger partial charge < -0.3 is 10.1 Å². The van der Waals surface area contributed by atoms with Gasteiger partial charge in [0.25, 0.3) is 0 Å². The van der Waals surface area contributed by atoms with Crippen molar-refractivity contribution in [1.29, 1.82) is 0 Å². The van der Waals surface area contributed by atoms with Gasteiger partial charge in [0.1, 0.15) is 22.6 Å². The number of fused-ring (bicyclic) bond motifs is 3. The van der Waals surface area contributed by atoms with Crippen LogP contribution in [0.1, 0.15) is 71.9 Å². The summed E-state index contributed by atoms with van der Waals surface area (Å²) in [6.45, 7) is 10.8. The Labute approximate surface area is 199 Å². The van der Waals surface area contributed by atoms with Gasteiger partial charge in [-0.1, -0.05) is 0 Å². The summed E-state index contributed by atoms with van der Waals surface area (Å²) in [5.74, 6) is 2.77. The van der Waals surface area contributed by atoms with Gasteiger partial charge in [-0.3, -0.25) is 9.56 Å². The summed E-state index contributed by atoms with van der Waals surface area (Å²) in [6, 6.07) is 8.48. The Morgan fingerprint density at radius 2 is 1.79 bits per heavy atom. The van der Waals surface area contributed by atoms with Crippen molar-refractivity contribution in [2.24, 2.45) is 10.4 Å². The number of thiophene rings is 1. The van der Waals surface area contributed by atoms with E-state index in [1.165, 1.54) is 46.7 Å². The van der Waals surface area contributed by atoms with Crippen LogP contribution in [-0.4, -0.2) is 39.7 Å². The van der Waals surface area contributed by atoms with E-state index in [0.29, 0.717) is 11.5 Å². The van der Waals surface area contributed by atoms with Gasteiger partial charge in [-0.2, -0.15) is 0 Å². The van der Waals surface area contributed by atoms with E-state index in [0.717, 1.165) is 41.8 Å². The molecule has 1 N–H and O–H groups in total. The Bertz CT molecular complexity index is 1220. The Kier molecular flexibility index (Phi) is 4.96. The van der Waals surface area contributed by atoms with Crippen LogP contribution >= 0.6 is 11.3 Å². The first-order chi connectivity index (χ1) is 15.9. The Hall–Kier alpha value is -2.51. The minimum absolute atomic E-state index is 0.0624. The second-order valence-electron chi connectivity index (χ2n) is 9.98. The normalized spacial score (nSPS) is 21.7. The molecule has 2 aliphatic heterocycles. The summed E-state index contributed by atoms with van der Waals surface area (Å²) in [7, 11) is 0. The predicted octanol–water partition coefficient (Wildman–Crippen LogP) is 5.08. The summed E-state index contributed by atoms with van der Waals surface area (Å²) in [4.78, 5) is 6.45. The first kappa shape index (κ1) is 21.1. The van der Waals surface area contributed by atoms with E-state index in [-0.39, 0.29) is 6.04 Å². The van der Waals surface area contributed by atoms with Crippen LogP contribution in [0.25, 0.3) is 5.00 Å². The molecule has 0 amide bonds. The number of aromatic nitrogens is 3. The lowest BCUT2D eigenvalue weighted by molar-refractivity contribution is -0.0347. The standard InChI is InChI=1S/C26H31N5OS/c1-15-17(3)33-25-22(15)23(28-16(2)24-30-29-18(4)31(24)25)19-5-7-20(8-6-19)32-21-13-26(14-21)9-11-27-12-10-26/h5-8,16,21,27H,9-14H2,1-4H3/t16-/m0/s1. The van der Waals surface area contributed by atoms with Gasteiger partial charge in [-0.05, 0) is 102 Å². The lowest BCUT2D eigenvalue weighted by Gasteiger charge is -2.49. The van der Waals surface area contributed by atoms with Crippen molar-refractivity contribution in [3.05, 3.63) is 57.5 Å². The third kappa shape index (κ3) is 3.44. The van der Waals surface area contributed by atoms with Gasteiger partial charge in [0, 0.05) is 16.0 Å². The molecule has 4 heterocycles. The van der Waals surface area contributed by atoms with E-state index in [2.05, 4.69) is 65.1 Å². The molecular weight excluding hydrogens is 430 g/mol. The molecule has 6 nitrogen and oxygen atoms in total. The summed E-state index contributed by atoms with van der Waals surface area (Å²) in [6.07, 6.45) is 5.31. The number of hydrogen-bond acceptors (Lipinski definition) is 6. The number of rotatable bonds is 3.